The molecule has 5 aromatic rings. The Balaban J connectivity index is 1.34. The number of imide groups is 1. The van der Waals surface area contributed by atoms with Crippen LogP contribution in [0.15, 0.2) is 122 Å². The molecule has 366 valence electrons. The number of methoxy groups -OCH3 is 1. The third kappa shape index (κ3) is 8.83. The third-order valence-electron chi connectivity index (χ3n) is 13.8. The van der Waals surface area contributed by atoms with Crippen molar-refractivity contribution >= 4 is 41.4 Å². The van der Waals surface area contributed by atoms with Crippen molar-refractivity contribution in [2.24, 2.45) is 11.8 Å². The summed E-state index contributed by atoms with van der Waals surface area (Å²) in [5, 5.41) is 22.3. The Bertz CT molecular complexity index is 2840. The molecule has 0 unspecified atom stereocenters. The van der Waals surface area contributed by atoms with Crippen LogP contribution in [0.25, 0.3) is 0 Å². The molecule has 3 saturated heterocycles. The number of fused-ring (bicyclic) bond motifs is 3. The van der Waals surface area contributed by atoms with Crippen molar-refractivity contribution in [3.05, 3.63) is 149 Å². The molecule has 17 nitrogen and oxygen atoms in total. The molecule has 0 bridgehead atoms. The molecule has 1 spiro atoms. The Hall–Kier alpha value is -7.65. The summed E-state index contributed by atoms with van der Waals surface area (Å²) in [6.45, 7) is 3.92. The Labute approximate surface area is 411 Å². The third-order valence-corrected chi connectivity index (χ3v) is 13.8. The lowest BCUT2D eigenvalue weighted by Gasteiger charge is -2.46. The van der Waals surface area contributed by atoms with Gasteiger partial charge in [0, 0.05) is 50.6 Å². The van der Waals surface area contributed by atoms with E-state index >= 15 is 19.2 Å². The number of aliphatic hydroxyl groups is 2. The van der Waals surface area contributed by atoms with E-state index in [0.717, 1.165) is 10.5 Å². The van der Waals surface area contributed by atoms with Crippen LogP contribution in [-0.2, 0) is 34.1 Å². The van der Waals surface area contributed by atoms with E-state index in [9.17, 15) is 15.0 Å². The maximum absolute atomic E-state index is 16.8. The number of aliphatic hydroxyl groups excluding tert-OH is 2. The first kappa shape index (κ1) is 48.4. The zero-order chi connectivity index (χ0) is 49.8. The molecular weight excluding hydrogens is 907 g/mol. The molecule has 4 aliphatic rings. The number of piperazine rings is 1. The van der Waals surface area contributed by atoms with Crippen LogP contribution in [0, 0.1) is 23.7 Å². The Morgan fingerprint density at radius 3 is 2.18 bits per heavy atom. The molecule has 4 amide bonds. The summed E-state index contributed by atoms with van der Waals surface area (Å²) in [6, 6.07) is 26.7. The molecule has 4 aliphatic heterocycles. The molecule has 3 N–H and O–H groups in total. The number of benzene rings is 4. The number of nitrogens with one attached hydrogen (secondary N) is 1. The highest BCUT2D eigenvalue weighted by molar-refractivity contribution is 6.25. The lowest BCUT2D eigenvalue weighted by atomic mass is 9.64. The van der Waals surface area contributed by atoms with E-state index in [0.29, 0.717) is 41.5 Å². The maximum atomic E-state index is 16.8. The van der Waals surface area contributed by atoms with E-state index in [1.807, 2.05) is 70.5 Å². The second kappa shape index (κ2) is 20.7. The van der Waals surface area contributed by atoms with Crippen molar-refractivity contribution < 1.29 is 48.4 Å². The summed E-state index contributed by atoms with van der Waals surface area (Å²) in [6.07, 6.45) is 2.47. The molecular formula is C54H55N7O10. The summed E-state index contributed by atoms with van der Waals surface area (Å²) < 4.78 is 17.7. The van der Waals surface area contributed by atoms with Gasteiger partial charge in [-0.2, -0.15) is 0 Å². The van der Waals surface area contributed by atoms with Gasteiger partial charge in [-0.25, -0.2) is 24.5 Å². The van der Waals surface area contributed by atoms with Crippen LogP contribution in [0.5, 0.6) is 5.75 Å². The van der Waals surface area contributed by atoms with Crippen LogP contribution in [0.2, 0.25) is 0 Å². The molecule has 0 aliphatic carbocycles. The number of ether oxygens (including phenoxy) is 3. The lowest BCUT2D eigenvalue weighted by Crippen LogP contribution is -2.60. The topological polar surface area (TPSA) is 204 Å². The van der Waals surface area contributed by atoms with Crippen LogP contribution in [0.1, 0.15) is 66.3 Å². The molecule has 0 radical (unpaired) electrons. The smallest absolute Gasteiger partial charge is 0.329 e. The highest BCUT2D eigenvalue weighted by Gasteiger charge is 2.76. The average molecular weight is 962 g/mol. The van der Waals surface area contributed by atoms with Gasteiger partial charge in [0.1, 0.15) is 36.0 Å². The first-order chi connectivity index (χ1) is 34.5. The van der Waals surface area contributed by atoms with Crippen molar-refractivity contribution in [2.45, 2.75) is 56.0 Å². The molecule has 7 atom stereocenters. The fourth-order valence-corrected chi connectivity index (χ4v) is 10.7. The molecule has 0 saturated carbocycles. The predicted octanol–water partition coefficient (Wildman–Crippen LogP) is 4.50. The number of carbonyl (C=O) groups excluding carboxylic acids is 5. The van der Waals surface area contributed by atoms with E-state index < -0.39 is 77.3 Å². The van der Waals surface area contributed by atoms with Gasteiger partial charge in [0.25, 0.3) is 0 Å². The SMILES string of the molecule is COC(=O)[C@@H](NC(=O)N1C(=O)[C@@]2(c3cc(C#CCCO)ccc31)[C@H](c1cccc(OCCO)c1)N1[C@H](c3ccccc3)[C@H](c3ccccc3)OC(=O)[C@H]1[C@@H]2C(=O)N1CCN(c2ncccn2)CC1)C(C)C. The summed E-state index contributed by atoms with van der Waals surface area (Å²) in [5.41, 5.74) is 0.488. The maximum Gasteiger partial charge on any atom is 0.329 e. The first-order valence-electron chi connectivity index (χ1n) is 23.7. The van der Waals surface area contributed by atoms with Gasteiger partial charge in [-0.1, -0.05) is 98.5 Å². The minimum Gasteiger partial charge on any atom is -0.491 e. The highest BCUT2D eigenvalue weighted by Crippen LogP contribution is 2.66. The van der Waals surface area contributed by atoms with E-state index in [1.54, 1.807) is 79.7 Å². The molecule has 5 heterocycles. The second-order valence-electron chi connectivity index (χ2n) is 18.1. The van der Waals surface area contributed by atoms with Gasteiger partial charge < -0.3 is 39.5 Å². The molecule has 1 aromatic heterocycles. The number of urea groups is 1. The van der Waals surface area contributed by atoms with Gasteiger partial charge in [0.05, 0.1) is 44.0 Å². The van der Waals surface area contributed by atoms with Crippen molar-refractivity contribution in [3.63, 3.8) is 0 Å². The Morgan fingerprint density at radius 1 is 0.831 bits per heavy atom. The van der Waals surface area contributed by atoms with Crippen LogP contribution in [0.4, 0.5) is 16.4 Å². The average Bonchev–Trinajstić information content (AvgIpc) is 3.86. The van der Waals surface area contributed by atoms with Crippen LogP contribution in [-0.4, -0.2) is 125 Å². The molecule has 9 rings (SSSR count). The Morgan fingerprint density at radius 2 is 1.52 bits per heavy atom. The fraction of sp³-hybridized carbons (Fsp3) is 0.352. The number of esters is 2. The van der Waals surface area contributed by atoms with Crippen molar-refractivity contribution in [1.29, 1.82) is 0 Å². The zero-order valence-electron chi connectivity index (χ0n) is 39.6. The zero-order valence-corrected chi connectivity index (χ0v) is 39.6. The van der Waals surface area contributed by atoms with E-state index in [-0.39, 0.29) is 50.6 Å². The van der Waals surface area contributed by atoms with E-state index in [2.05, 4.69) is 27.1 Å². The number of aromatic nitrogens is 2. The second-order valence-corrected chi connectivity index (χ2v) is 18.1. The molecule has 17 heteroatoms. The number of hydrogen-bond donors (Lipinski definition) is 3. The summed E-state index contributed by atoms with van der Waals surface area (Å²) in [4.78, 5) is 92.4. The predicted molar refractivity (Wildman–Crippen MR) is 260 cm³/mol. The monoisotopic (exact) mass is 961 g/mol. The van der Waals surface area contributed by atoms with E-state index in [4.69, 9.17) is 14.2 Å². The summed E-state index contributed by atoms with van der Waals surface area (Å²) in [5.74, 6) is 2.02. The number of anilines is 2. The number of hydrogen-bond acceptors (Lipinski definition) is 14. The van der Waals surface area contributed by atoms with Gasteiger partial charge in [-0.05, 0) is 64.6 Å². The molecule has 71 heavy (non-hydrogen) atoms. The highest BCUT2D eigenvalue weighted by atomic mass is 16.6. The Kier molecular flexibility index (Phi) is 14.1. The number of rotatable bonds is 12. The number of amides is 4. The van der Waals surface area contributed by atoms with Crippen LogP contribution in [0.3, 0.4) is 0 Å². The van der Waals surface area contributed by atoms with Gasteiger partial charge in [0.2, 0.25) is 17.8 Å². The molecule has 3 fully saturated rings. The lowest BCUT2D eigenvalue weighted by molar-refractivity contribution is -0.179. The van der Waals surface area contributed by atoms with Crippen molar-refractivity contribution in [3.8, 4) is 17.6 Å². The largest absolute Gasteiger partial charge is 0.491 e. The summed E-state index contributed by atoms with van der Waals surface area (Å²) >= 11 is 0. The molecule has 4 aromatic carbocycles. The number of cyclic esters (lactones) is 1. The van der Waals surface area contributed by atoms with Gasteiger partial charge in [-0.3, -0.25) is 19.3 Å². The minimum atomic E-state index is -2.12. The standard InChI is InChI=1S/C54H55N7O10/c1-34(2)43(49(65)69-3)57-53(68)60-41-22-21-35(14-10-11-29-62)32-40(41)54(51(60)67)42(48(64)58-25-27-59(28-26-58)52-55-23-13-24-56-52)45-50(66)71-46(37-17-8-5-9-18-37)44(36-15-6-4-7-16-36)61(45)47(54)38-19-12-20-39(33-38)70-31-30-63/h4-9,12-13,15-24,32-34,42-47,62-63H,11,25-31H2,1-3H3,(H,57,68)/t42-,43+,44-,45-,46+,47+,54-/m1/s1. The van der Waals surface area contributed by atoms with E-state index in [1.165, 1.54) is 7.11 Å². The number of morpholine rings is 1. The van der Waals surface area contributed by atoms with Crippen LogP contribution >= 0.6 is 0 Å². The van der Waals surface area contributed by atoms with Crippen molar-refractivity contribution in [2.75, 3.05) is 62.9 Å². The minimum absolute atomic E-state index is 0.0510. The first-order valence-corrected chi connectivity index (χ1v) is 23.7. The van der Waals surface area contributed by atoms with Gasteiger partial charge in [0.15, 0.2) is 0 Å². The van der Waals surface area contributed by atoms with Gasteiger partial charge >= 0.3 is 18.0 Å². The number of carbonyl (C=O) groups is 5. The quantitative estimate of drug-likeness (QED) is 0.116. The fourth-order valence-electron chi connectivity index (χ4n) is 10.7. The number of nitrogens with zero attached hydrogens (tertiary/aromatic N) is 6. The van der Waals surface area contributed by atoms with Gasteiger partial charge in [-0.15, -0.1) is 0 Å². The van der Waals surface area contributed by atoms with Crippen molar-refractivity contribution in [1.82, 2.24) is 25.1 Å². The summed E-state index contributed by atoms with van der Waals surface area (Å²) in [7, 11) is 1.21. The normalized spacial score (nSPS) is 23.1. The van der Waals surface area contributed by atoms with Crippen LogP contribution < -0.4 is 19.9 Å².